The van der Waals surface area contributed by atoms with Gasteiger partial charge >= 0.3 is 0 Å². The smallest absolute Gasteiger partial charge is 0.0992 e. The van der Waals surface area contributed by atoms with Crippen LogP contribution in [0.2, 0.25) is 0 Å². The highest BCUT2D eigenvalue weighted by Crippen LogP contribution is 2.43. The molecule has 0 saturated heterocycles. The highest BCUT2D eigenvalue weighted by molar-refractivity contribution is 7.26. The molecular formula is C59H35N3S. The molecule has 292 valence electrons. The van der Waals surface area contributed by atoms with Crippen LogP contribution in [0.3, 0.4) is 0 Å². The van der Waals surface area contributed by atoms with Crippen LogP contribution >= 0.6 is 11.3 Å². The molecule has 10 aromatic carbocycles. The van der Waals surface area contributed by atoms with E-state index in [1.165, 1.54) is 85.8 Å². The van der Waals surface area contributed by atoms with Gasteiger partial charge in [-0.05, 0) is 123 Å². The molecule has 13 rings (SSSR count). The normalized spacial score (nSPS) is 11.8. The van der Waals surface area contributed by atoms with Gasteiger partial charge in [0.2, 0.25) is 0 Å². The largest absolute Gasteiger partial charge is 0.309 e. The van der Waals surface area contributed by atoms with Crippen LogP contribution in [0.5, 0.6) is 0 Å². The number of hydrogen-bond donors (Lipinski definition) is 0. The van der Waals surface area contributed by atoms with E-state index in [2.05, 4.69) is 209 Å². The van der Waals surface area contributed by atoms with E-state index >= 15 is 0 Å². The van der Waals surface area contributed by atoms with Crippen LogP contribution in [0.4, 0.5) is 0 Å². The van der Waals surface area contributed by atoms with Gasteiger partial charge in [-0.1, -0.05) is 133 Å². The summed E-state index contributed by atoms with van der Waals surface area (Å²) in [4.78, 5) is 0. The van der Waals surface area contributed by atoms with Crippen molar-refractivity contribution in [1.29, 1.82) is 5.26 Å². The summed E-state index contributed by atoms with van der Waals surface area (Å²) in [6.45, 7) is 0. The lowest BCUT2D eigenvalue weighted by atomic mass is 9.97. The molecule has 4 heteroatoms. The van der Waals surface area contributed by atoms with Crippen LogP contribution in [0, 0.1) is 11.3 Å². The molecule has 0 aliphatic carbocycles. The van der Waals surface area contributed by atoms with Crippen LogP contribution in [0.1, 0.15) is 5.56 Å². The van der Waals surface area contributed by atoms with Gasteiger partial charge in [-0.2, -0.15) is 5.26 Å². The Bertz CT molecular complexity index is 4040. The maximum Gasteiger partial charge on any atom is 0.0992 e. The molecule has 0 amide bonds. The zero-order valence-corrected chi connectivity index (χ0v) is 34.8. The van der Waals surface area contributed by atoms with E-state index in [-0.39, 0.29) is 0 Å². The fraction of sp³-hybridized carbons (Fsp3) is 0. The molecule has 0 atom stereocenters. The zero-order valence-electron chi connectivity index (χ0n) is 34.0. The van der Waals surface area contributed by atoms with Crippen LogP contribution < -0.4 is 0 Å². The van der Waals surface area contributed by atoms with Gasteiger partial charge in [0.05, 0.1) is 33.7 Å². The summed E-state index contributed by atoms with van der Waals surface area (Å²) in [7, 11) is 0. The number of para-hydroxylation sites is 1. The second-order valence-corrected chi connectivity index (χ2v) is 17.5. The third-order valence-electron chi connectivity index (χ3n) is 12.9. The Morgan fingerprint density at radius 3 is 1.62 bits per heavy atom. The maximum atomic E-state index is 9.64. The monoisotopic (exact) mass is 817 g/mol. The average molecular weight is 818 g/mol. The van der Waals surface area contributed by atoms with Gasteiger partial charge in [0, 0.05) is 53.1 Å². The first kappa shape index (κ1) is 35.5. The minimum atomic E-state index is 0.649. The first-order valence-corrected chi connectivity index (χ1v) is 22.1. The summed E-state index contributed by atoms with van der Waals surface area (Å²) in [5.74, 6) is 0. The third kappa shape index (κ3) is 5.58. The zero-order chi connectivity index (χ0) is 41.6. The quantitative estimate of drug-likeness (QED) is 0.170. The number of benzene rings is 10. The highest BCUT2D eigenvalue weighted by Gasteiger charge is 2.18. The van der Waals surface area contributed by atoms with Gasteiger partial charge in [0.15, 0.2) is 0 Å². The van der Waals surface area contributed by atoms with Crippen LogP contribution in [-0.4, -0.2) is 9.13 Å². The number of fused-ring (bicyclic) bond motifs is 10. The van der Waals surface area contributed by atoms with E-state index in [9.17, 15) is 5.26 Å². The Hall–Kier alpha value is -8.23. The van der Waals surface area contributed by atoms with E-state index in [0.29, 0.717) is 5.56 Å². The van der Waals surface area contributed by atoms with Crippen molar-refractivity contribution in [2.75, 3.05) is 0 Å². The van der Waals surface area contributed by atoms with Crippen molar-refractivity contribution in [3.8, 4) is 50.8 Å². The van der Waals surface area contributed by atoms with Gasteiger partial charge in [-0.25, -0.2) is 0 Å². The van der Waals surface area contributed by atoms with Gasteiger partial charge < -0.3 is 9.13 Å². The van der Waals surface area contributed by atoms with E-state index in [1.807, 2.05) is 29.5 Å². The Balaban J connectivity index is 0.937. The van der Waals surface area contributed by atoms with Crippen LogP contribution in [-0.2, 0) is 0 Å². The maximum absolute atomic E-state index is 9.64. The van der Waals surface area contributed by atoms with Gasteiger partial charge in [-0.3, -0.25) is 0 Å². The Labute approximate surface area is 367 Å². The van der Waals surface area contributed by atoms with Gasteiger partial charge in [0.25, 0.3) is 0 Å². The topological polar surface area (TPSA) is 33.6 Å². The van der Waals surface area contributed by atoms with Crippen LogP contribution in [0.15, 0.2) is 212 Å². The molecule has 0 radical (unpaired) electrons. The second-order valence-electron chi connectivity index (χ2n) is 16.4. The molecule has 0 saturated carbocycles. The molecule has 0 N–H and O–H groups in total. The predicted octanol–water partition coefficient (Wildman–Crippen LogP) is 16.3. The van der Waals surface area contributed by atoms with Gasteiger partial charge in [0.1, 0.15) is 0 Å². The highest BCUT2D eigenvalue weighted by atomic mass is 32.1. The number of aromatic nitrogens is 2. The Morgan fingerprint density at radius 1 is 0.349 bits per heavy atom. The standard InChI is InChI=1S/C59H35N3S/c60-36-37-9-7-12-45(31-37)61-54-17-5-3-13-48(54)51-33-42(24-28-55(51)61)39-19-21-40(22-20-39)43-25-29-56-52(34-43)53-35-44(47-15-8-16-50-49-14-4-6-18-58(49)63-59(47)50)26-30-57(53)62(56)46-27-23-38-10-1-2-11-41(38)32-46/h1-35H. The Kier molecular flexibility index (Phi) is 7.84. The SMILES string of the molecule is N#Cc1cccc(-n2c3ccccc3c3cc(-c4ccc(-c5ccc6c(c5)c5cc(-c7cccc8c7sc7ccccc78)ccc5n6-c5ccc6ccccc6c5)cc4)ccc32)c1. The van der Waals surface area contributed by atoms with Crippen molar-refractivity contribution in [3.05, 3.63) is 218 Å². The number of rotatable bonds is 5. The molecule has 0 unspecified atom stereocenters. The number of nitriles is 1. The summed E-state index contributed by atoms with van der Waals surface area (Å²) in [6, 6.07) is 79.3. The molecule has 13 aromatic rings. The molecule has 0 fully saturated rings. The molecule has 0 aliphatic heterocycles. The number of nitrogens with zero attached hydrogens (tertiary/aromatic N) is 3. The van der Waals surface area contributed by atoms with E-state index in [4.69, 9.17) is 0 Å². The summed E-state index contributed by atoms with van der Waals surface area (Å²) in [6.07, 6.45) is 0. The van der Waals surface area contributed by atoms with E-state index in [1.54, 1.807) is 0 Å². The van der Waals surface area contributed by atoms with Crippen molar-refractivity contribution in [2.45, 2.75) is 0 Å². The summed E-state index contributed by atoms with van der Waals surface area (Å²) >= 11 is 1.88. The second kappa shape index (κ2) is 13.9. The van der Waals surface area contributed by atoms with Crippen molar-refractivity contribution < 1.29 is 0 Å². The van der Waals surface area contributed by atoms with Crippen molar-refractivity contribution in [3.63, 3.8) is 0 Å². The lowest BCUT2D eigenvalue weighted by molar-refractivity contribution is 1.18. The third-order valence-corrected chi connectivity index (χ3v) is 14.1. The Morgan fingerprint density at radius 2 is 0.889 bits per heavy atom. The first-order chi connectivity index (χ1) is 31.2. The molecule has 0 spiro atoms. The van der Waals surface area contributed by atoms with Crippen molar-refractivity contribution in [1.82, 2.24) is 9.13 Å². The summed E-state index contributed by atoms with van der Waals surface area (Å²) < 4.78 is 7.34. The molecule has 0 bridgehead atoms. The van der Waals surface area contributed by atoms with Crippen molar-refractivity contribution >= 4 is 85.9 Å². The molecule has 63 heavy (non-hydrogen) atoms. The van der Waals surface area contributed by atoms with E-state index in [0.717, 1.165) is 33.5 Å². The molecule has 3 nitrogen and oxygen atoms in total. The average Bonchev–Trinajstić information content (AvgIpc) is 4.01. The molecule has 0 aliphatic rings. The molecular weight excluding hydrogens is 783 g/mol. The molecule has 3 heterocycles. The minimum Gasteiger partial charge on any atom is -0.309 e. The fourth-order valence-electron chi connectivity index (χ4n) is 9.94. The summed E-state index contributed by atoms with van der Waals surface area (Å²) in [5.41, 5.74) is 14.6. The van der Waals surface area contributed by atoms with Crippen molar-refractivity contribution in [2.24, 2.45) is 0 Å². The first-order valence-electron chi connectivity index (χ1n) is 21.3. The number of hydrogen-bond acceptors (Lipinski definition) is 2. The molecule has 3 aromatic heterocycles. The van der Waals surface area contributed by atoms with Crippen LogP contribution in [0.25, 0.3) is 119 Å². The lowest BCUT2D eigenvalue weighted by Crippen LogP contribution is -1.94. The summed E-state index contributed by atoms with van der Waals surface area (Å²) in [5, 5.41) is 19.6. The fourth-order valence-corrected chi connectivity index (χ4v) is 11.2. The number of thiophene rings is 1. The lowest BCUT2D eigenvalue weighted by Gasteiger charge is -2.10. The minimum absolute atomic E-state index is 0.649. The predicted molar refractivity (Wildman–Crippen MR) is 267 cm³/mol. The van der Waals surface area contributed by atoms with E-state index < -0.39 is 0 Å². The van der Waals surface area contributed by atoms with Gasteiger partial charge in [-0.15, -0.1) is 11.3 Å².